The summed E-state index contributed by atoms with van der Waals surface area (Å²) in [4.78, 5) is 72.0. The van der Waals surface area contributed by atoms with Crippen LogP contribution in [0.25, 0.3) is 0 Å². The predicted molar refractivity (Wildman–Crippen MR) is 135 cm³/mol. The lowest BCUT2D eigenvalue weighted by Gasteiger charge is -1.72. The summed E-state index contributed by atoms with van der Waals surface area (Å²) in [6.07, 6.45) is 0. The second-order valence-electron chi connectivity index (χ2n) is 4.73. The Morgan fingerprint density at radius 1 is 0.342 bits per heavy atom. The van der Waals surface area contributed by atoms with E-state index in [0.29, 0.717) is 13.1 Å². The van der Waals surface area contributed by atoms with Gasteiger partial charge in [0.2, 0.25) is 0 Å². The van der Waals surface area contributed by atoms with Crippen molar-refractivity contribution < 1.29 is 79.2 Å². The van der Waals surface area contributed by atoms with Crippen LogP contribution in [0, 0.1) is 0 Å². The molecule has 0 aromatic carbocycles. The average Bonchev–Trinajstić information content (AvgIpc) is 2.50. The molecule has 0 aliphatic heterocycles. The molecule has 0 aliphatic carbocycles. The maximum atomic E-state index is 9.00. The molecule has 0 saturated heterocycles. The van der Waals surface area contributed by atoms with Crippen LogP contribution in [-0.2, 0) is 38.4 Å². The van der Waals surface area contributed by atoms with E-state index < -0.39 is 47.8 Å². The Morgan fingerprint density at radius 3 is 0.368 bits per heavy atom. The Hall–Kier alpha value is -4.40. The minimum atomic E-state index is -0.833. The van der Waals surface area contributed by atoms with Gasteiger partial charge >= 0.3 is 0 Å². The first kappa shape index (κ1) is 69.9. The van der Waals surface area contributed by atoms with Gasteiger partial charge in [-0.25, -0.2) is 0 Å². The average molecular weight is 575 g/mol. The molecule has 0 saturated carbocycles. The normalized spacial score (nSPS) is 6.05. The van der Waals surface area contributed by atoms with Crippen LogP contribution in [0.4, 0.5) is 0 Å². The van der Waals surface area contributed by atoms with E-state index in [2.05, 4.69) is 0 Å². The summed E-state index contributed by atoms with van der Waals surface area (Å²) < 4.78 is 0. The lowest BCUT2D eigenvalue weighted by Crippen LogP contribution is -2.11. The third-order valence-corrected chi connectivity index (χ3v) is 0.167. The zero-order valence-corrected chi connectivity index (χ0v) is 22.8. The number of carbonyl (C=O) groups is 8. The van der Waals surface area contributed by atoms with Crippen LogP contribution >= 0.6 is 0 Å². The molecule has 0 rings (SSSR count). The highest BCUT2D eigenvalue weighted by atomic mass is 16.4. The highest BCUT2D eigenvalue weighted by Crippen LogP contribution is 1.44. The summed E-state index contributed by atoms with van der Waals surface area (Å²) in [6.45, 7) is 9.86. The van der Waals surface area contributed by atoms with Gasteiger partial charge in [0.15, 0.2) is 0 Å². The lowest BCUT2D eigenvalue weighted by atomic mass is 10.7. The van der Waals surface area contributed by atoms with Gasteiger partial charge in [0.1, 0.15) is 0 Å². The van der Waals surface area contributed by atoms with Crippen LogP contribution < -0.4 is 23.8 Å². The van der Waals surface area contributed by atoms with Gasteiger partial charge in [-0.15, -0.1) is 0 Å². The Bertz CT molecular complexity index is 407. The van der Waals surface area contributed by atoms with E-state index >= 15 is 0 Å². The monoisotopic (exact) mass is 574 g/mol. The second kappa shape index (κ2) is 69.8. The van der Waals surface area contributed by atoms with Gasteiger partial charge < -0.3 is 64.6 Å². The van der Waals surface area contributed by atoms with Crippen molar-refractivity contribution in [1.29, 1.82) is 0 Å². The van der Waals surface area contributed by atoms with Gasteiger partial charge in [-0.2, -0.15) is 0 Å². The summed E-state index contributed by atoms with van der Waals surface area (Å²) in [5, 5.41) is 59.3. The van der Waals surface area contributed by atoms with Gasteiger partial charge in [0.05, 0.1) is 0 Å². The Morgan fingerprint density at radius 2 is 0.368 bits per heavy atom. The summed E-state index contributed by atoms with van der Waals surface area (Å²) in [5.74, 6) is -6.67. The first-order valence-electron chi connectivity index (χ1n) is 8.74. The Labute approximate surface area is 220 Å². The van der Waals surface area contributed by atoms with Crippen molar-refractivity contribution in [3.8, 4) is 0 Å². The van der Waals surface area contributed by atoms with Crippen LogP contribution in [0.1, 0.15) is 55.4 Å². The number of hydrogen-bond acceptors (Lipinski definition) is 12. The molecule has 0 aliphatic rings. The molecular weight excluding hydrogens is 528 g/mol. The van der Waals surface area contributed by atoms with Gasteiger partial charge in [0, 0.05) is 68.5 Å². The molecule has 38 heavy (non-hydrogen) atoms. The predicted octanol–water partition coefficient (Wildman–Crippen LogP) is -0.0450. The molecule has 20 nitrogen and oxygen atoms in total. The minimum absolute atomic E-state index is 0. The molecule has 0 radical (unpaired) electrons. The molecule has 20 heteroatoms. The van der Waals surface area contributed by atoms with E-state index in [9.17, 15) is 0 Å². The number of carboxylic acid groups (broad SMARTS) is 8. The lowest BCUT2D eigenvalue weighted by molar-refractivity contribution is -0.135. The first-order valence-corrected chi connectivity index (χ1v) is 8.74. The largest absolute Gasteiger partial charge is 0.481 e. The highest BCUT2D eigenvalue weighted by molar-refractivity contribution is 5.64. The zero-order valence-electron chi connectivity index (χ0n) is 22.8. The highest BCUT2D eigenvalue weighted by Gasteiger charge is 1.68. The van der Waals surface area contributed by atoms with Crippen molar-refractivity contribution >= 4 is 47.8 Å². The van der Waals surface area contributed by atoms with Gasteiger partial charge in [-0.3, -0.25) is 38.4 Å². The molecule has 234 valence electrons. The van der Waals surface area contributed by atoms with Crippen LogP contribution in [0.2, 0.25) is 0 Å². The molecule has 0 heterocycles. The smallest absolute Gasteiger partial charge is 0.300 e. The van der Waals surface area contributed by atoms with E-state index in [1.165, 1.54) is 0 Å². The SMILES string of the molecule is CC(=O)O.CC(=O)O.CC(=O)O.CC(=O)O.CC(=O)O.CC(=O)O.CC(=O)O.CC(=O)O.N.N.NCCN. The zero-order chi connectivity index (χ0) is 32.0. The van der Waals surface area contributed by atoms with Crippen LogP contribution in [0.5, 0.6) is 0 Å². The fourth-order valence-corrected chi connectivity index (χ4v) is 0. The molecular formula is C18H46N4O16. The minimum Gasteiger partial charge on any atom is -0.481 e. The first-order chi connectivity index (χ1) is 15.8. The maximum Gasteiger partial charge on any atom is 0.300 e. The van der Waals surface area contributed by atoms with Crippen LogP contribution in [-0.4, -0.2) is 102 Å². The fourth-order valence-electron chi connectivity index (χ4n) is 0. The van der Waals surface area contributed by atoms with E-state index in [4.69, 9.17) is 90.7 Å². The summed E-state index contributed by atoms with van der Waals surface area (Å²) in [5.41, 5.74) is 9.81. The molecule has 0 spiro atoms. The number of nitrogens with two attached hydrogens (primary N) is 2. The molecule has 0 atom stereocenters. The standard InChI is InChI=1S/C2H8N2.8C2H4O2.2H3N/c3-1-2-4;8*1-2(3)4;;/h1-4H2;8*1H3,(H,3,4);2*1H3. The number of hydrogen-bond donors (Lipinski definition) is 12. The van der Waals surface area contributed by atoms with Crippen molar-refractivity contribution in [2.45, 2.75) is 55.4 Å². The van der Waals surface area contributed by atoms with Crippen LogP contribution in [0.15, 0.2) is 0 Å². The Kier molecular flexibility index (Phi) is 128. The van der Waals surface area contributed by atoms with Gasteiger partial charge in [0.25, 0.3) is 47.8 Å². The molecule has 0 aromatic heterocycles. The summed E-state index contributed by atoms with van der Waals surface area (Å²) in [6, 6.07) is 0. The van der Waals surface area contributed by atoms with Gasteiger partial charge in [-0.05, 0) is 0 Å². The molecule has 0 fully saturated rings. The van der Waals surface area contributed by atoms with E-state index in [1.807, 2.05) is 0 Å². The molecule has 0 unspecified atom stereocenters. The van der Waals surface area contributed by atoms with Crippen molar-refractivity contribution in [3.05, 3.63) is 0 Å². The van der Waals surface area contributed by atoms with Gasteiger partial charge in [-0.1, -0.05) is 0 Å². The quantitative estimate of drug-likeness (QED) is 0.195. The van der Waals surface area contributed by atoms with Crippen molar-refractivity contribution in [2.24, 2.45) is 11.5 Å². The second-order valence-corrected chi connectivity index (χ2v) is 4.73. The third-order valence-electron chi connectivity index (χ3n) is 0.167. The molecule has 0 bridgehead atoms. The maximum absolute atomic E-state index is 9.00. The van der Waals surface area contributed by atoms with E-state index in [1.54, 1.807) is 0 Å². The Balaban J connectivity index is -0.0000000238. The van der Waals surface area contributed by atoms with Crippen molar-refractivity contribution in [2.75, 3.05) is 13.1 Å². The summed E-state index contributed by atoms with van der Waals surface area (Å²) in [7, 11) is 0. The van der Waals surface area contributed by atoms with Crippen molar-refractivity contribution in [1.82, 2.24) is 12.3 Å². The number of aliphatic carboxylic acids is 8. The molecule has 0 amide bonds. The van der Waals surface area contributed by atoms with E-state index in [0.717, 1.165) is 55.4 Å². The molecule has 0 aromatic rings. The van der Waals surface area contributed by atoms with Crippen LogP contribution in [0.3, 0.4) is 0 Å². The third kappa shape index (κ3) is 2560. The summed E-state index contributed by atoms with van der Waals surface area (Å²) >= 11 is 0. The van der Waals surface area contributed by atoms with Crippen molar-refractivity contribution in [3.63, 3.8) is 0 Å². The number of carboxylic acids is 8. The molecule has 18 N–H and O–H groups in total. The van der Waals surface area contributed by atoms with E-state index in [-0.39, 0.29) is 12.3 Å². The topological polar surface area (TPSA) is 420 Å². The fraction of sp³-hybridized carbons (Fsp3) is 0.556. The number of rotatable bonds is 1.